The molecule has 0 atom stereocenters. The SMILES string of the molecule is COc1ccc(NC(=O)c2ccc(Nc3c(F)cccc3F)nn2)c(OC)c1. The summed E-state index contributed by atoms with van der Waals surface area (Å²) in [5.41, 5.74) is 0.0835. The van der Waals surface area contributed by atoms with Gasteiger partial charge >= 0.3 is 0 Å². The first-order valence-electron chi connectivity index (χ1n) is 8.10. The van der Waals surface area contributed by atoms with E-state index in [1.54, 1.807) is 18.2 Å². The fourth-order valence-corrected chi connectivity index (χ4v) is 2.35. The van der Waals surface area contributed by atoms with Gasteiger partial charge in [-0.05, 0) is 36.4 Å². The minimum Gasteiger partial charge on any atom is -0.497 e. The van der Waals surface area contributed by atoms with Crippen molar-refractivity contribution in [3.8, 4) is 11.5 Å². The average molecular weight is 386 g/mol. The molecule has 0 unspecified atom stereocenters. The van der Waals surface area contributed by atoms with Gasteiger partial charge in [-0.25, -0.2) is 8.78 Å². The lowest BCUT2D eigenvalue weighted by Crippen LogP contribution is -2.15. The number of hydrogen-bond donors (Lipinski definition) is 2. The molecule has 0 saturated carbocycles. The maximum absolute atomic E-state index is 13.7. The van der Waals surface area contributed by atoms with Crippen molar-refractivity contribution in [2.45, 2.75) is 0 Å². The summed E-state index contributed by atoms with van der Waals surface area (Å²) in [5, 5.41) is 12.7. The van der Waals surface area contributed by atoms with Crippen LogP contribution in [0.15, 0.2) is 48.5 Å². The molecular weight excluding hydrogens is 370 g/mol. The highest BCUT2D eigenvalue weighted by atomic mass is 19.1. The number of carbonyl (C=O) groups excluding carboxylic acids is 1. The molecule has 0 fully saturated rings. The largest absolute Gasteiger partial charge is 0.497 e. The van der Waals surface area contributed by atoms with Crippen molar-refractivity contribution >= 4 is 23.1 Å². The van der Waals surface area contributed by atoms with Crippen molar-refractivity contribution < 1.29 is 23.0 Å². The van der Waals surface area contributed by atoms with Crippen LogP contribution in [0.2, 0.25) is 0 Å². The molecule has 144 valence electrons. The summed E-state index contributed by atoms with van der Waals surface area (Å²) < 4.78 is 37.7. The summed E-state index contributed by atoms with van der Waals surface area (Å²) in [6.07, 6.45) is 0. The number of methoxy groups -OCH3 is 2. The van der Waals surface area contributed by atoms with Crippen LogP contribution < -0.4 is 20.1 Å². The molecule has 0 aliphatic rings. The first kappa shape index (κ1) is 19.0. The van der Waals surface area contributed by atoms with Gasteiger partial charge in [0.2, 0.25) is 0 Å². The number of nitrogens with zero attached hydrogens (tertiary/aromatic N) is 2. The Morgan fingerprint density at radius 1 is 0.964 bits per heavy atom. The number of nitrogens with one attached hydrogen (secondary N) is 2. The standard InChI is InChI=1S/C19H16F2N4O3/c1-27-11-6-7-14(16(10-11)28-2)22-19(26)15-8-9-17(25-24-15)23-18-12(20)4-3-5-13(18)21/h3-10H,1-2H3,(H,22,26)(H,23,25). The zero-order valence-corrected chi connectivity index (χ0v) is 15.0. The van der Waals surface area contributed by atoms with E-state index >= 15 is 0 Å². The van der Waals surface area contributed by atoms with Crippen molar-refractivity contribution in [1.29, 1.82) is 0 Å². The summed E-state index contributed by atoms with van der Waals surface area (Å²) in [4.78, 5) is 12.4. The third kappa shape index (κ3) is 4.14. The molecule has 0 radical (unpaired) electrons. The van der Waals surface area contributed by atoms with Gasteiger partial charge in [0.15, 0.2) is 11.5 Å². The monoisotopic (exact) mass is 386 g/mol. The van der Waals surface area contributed by atoms with Gasteiger partial charge < -0.3 is 20.1 Å². The topological polar surface area (TPSA) is 85.4 Å². The molecular formula is C19H16F2N4O3. The van der Waals surface area contributed by atoms with Gasteiger partial charge in [0.05, 0.1) is 19.9 Å². The third-order valence-electron chi connectivity index (χ3n) is 3.77. The number of aromatic nitrogens is 2. The molecule has 0 saturated heterocycles. The fraction of sp³-hybridized carbons (Fsp3) is 0.105. The van der Waals surface area contributed by atoms with Crippen molar-refractivity contribution in [3.63, 3.8) is 0 Å². The number of anilines is 3. The summed E-state index contributed by atoms with van der Waals surface area (Å²) in [6, 6.07) is 11.2. The third-order valence-corrected chi connectivity index (χ3v) is 3.77. The minimum absolute atomic E-state index is 0.0115. The van der Waals surface area contributed by atoms with E-state index in [0.29, 0.717) is 17.2 Å². The molecule has 2 aromatic carbocycles. The van der Waals surface area contributed by atoms with E-state index in [1.165, 1.54) is 32.4 Å². The van der Waals surface area contributed by atoms with E-state index in [4.69, 9.17) is 9.47 Å². The highest BCUT2D eigenvalue weighted by Crippen LogP contribution is 2.29. The Kier molecular flexibility index (Phi) is 5.64. The van der Waals surface area contributed by atoms with Crippen LogP contribution in [0.25, 0.3) is 0 Å². The fourth-order valence-electron chi connectivity index (χ4n) is 2.35. The molecule has 3 aromatic rings. The molecule has 1 aromatic heterocycles. The molecule has 0 spiro atoms. The van der Waals surface area contributed by atoms with Crippen LogP contribution in [-0.4, -0.2) is 30.3 Å². The van der Waals surface area contributed by atoms with Gasteiger partial charge in [0, 0.05) is 6.07 Å². The Balaban J connectivity index is 1.74. The summed E-state index contributed by atoms with van der Waals surface area (Å²) >= 11 is 0. The van der Waals surface area contributed by atoms with Gasteiger partial charge in [-0.2, -0.15) is 0 Å². The maximum Gasteiger partial charge on any atom is 0.276 e. The summed E-state index contributed by atoms with van der Waals surface area (Å²) in [5.74, 6) is -0.993. The van der Waals surface area contributed by atoms with Gasteiger partial charge in [-0.3, -0.25) is 4.79 Å². The Hall–Kier alpha value is -3.75. The van der Waals surface area contributed by atoms with Gasteiger partial charge in [-0.15, -0.1) is 10.2 Å². The molecule has 1 heterocycles. The Morgan fingerprint density at radius 2 is 1.71 bits per heavy atom. The second-order valence-corrected chi connectivity index (χ2v) is 5.55. The van der Waals surface area contributed by atoms with Gasteiger partial charge in [0.1, 0.15) is 28.8 Å². The molecule has 3 rings (SSSR count). The number of rotatable bonds is 6. The number of carbonyl (C=O) groups is 1. The van der Waals surface area contributed by atoms with Crippen LogP contribution in [0.4, 0.5) is 26.0 Å². The first-order valence-corrected chi connectivity index (χ1v) is 8.10. The van der Waals surface area contributed by atoms with Crippen molar-refractivity contribution in [3.05, 3.63) is 65.9 Å². The Labute approximate surface area is 159 Å². The molecule has 7 nitrogen and oxygen atoms in total. The lowest BCUT2D eigenvalue weighted by atomic mass is 10.2. The summed E-state index contributed by atoms with van der Waals surface area (Å²) in [6.45, 7) is 0. The number of ether oxygens (including phenoxy) is 2. The first-order chi connectivity index (χ1) is 13.5. The Bertz CT molecular complexity index is 977. The highest BCUT2D eigenvalue weighted by molar-refractivity contribution is 6.03. The molecule has 9 heteroatoms. The normalized spacial score (nSPS) is 10.3. The zero-order valence-electron chi connectivity index (χ0n) is 15.0. The predicted octanol–water partition coefficient (Wildman–Crippen LogP) is 3.77. The van der Waals surface area contributed by atoms with Crippen molar-refractivity contribution in [1.82, 2.24) is 10.2 Å². The molecule has 0 bridgehead atoms. The van der Waals surface area contributed by atoms with E-state index < -0.39 is 17.5 Å². The van der Waals surface area contributed by atoms with Crippen LogP contribution in [0, 0.1) is 11.6 Å². The number of para-hydroxylation sites is 1. The lowest BCUT2D eigenvalue weighted by molar-refractivity contribution is 0.102. The van der Waals surface area contributed by atoms with Gasteiger partial charge in [0.25, 0.3) is 5.91 Å². The van der Waals surface area contributed by atoms with Crippen LogP contribution >= 0.6 is 0 Å². The van der Waals surface area contributed by atoms with Crippen LogP contribution in [0.3, 0.4) is 0 Å². The van der Waals surface area contributed by atoms with Crippen molar-refractivity contribution in [2.24, 2.45) is 0 Å². The molecule has 0 aliphatic carbocycles. The minimum atomic E-state index is -0.768. The van der Waals surface area contributed by atoms with Crippen LogP contribution in [0.5, 0.6) is 11.5 Å². The molecule has 28 heavy (non-hydrogen) atoms. The van der Waals surface area contributed by atoms with Crippen LogP contribution in [-0.2, 0) is 0 Å². The quantitative estimate of drug-likeness (QED) is 0.671. The highest BCUT2D eigenvalue weighted by Gasteiger charge is 2.14. The number of halogens is 2. The second kappa shape index (κ2) is 8.30. The van der Waals surface area contributed by atoms with E-state index in [2.05, 4.69) is 20.8 Å². The number of hydrogen-bond acceptors (Lipinski definition) is 6. The van der Waals surface area contributed by atoms with Crippen molar-refractivity contribution in [2.75, 3.05) is 24.9 Å². The van der Waals surface area contributed by atoms with E-state index in [9.17, 15) is 13.6 Å². The summed E-state index contributed by atoms with van der Waals surface area (Å²) in [7, 11) is 2.98. The molecule has 1 amide bonds. The zero-order chi connectivity index (χ0) is 20.1. The number of benzene rings is 2. The number of amides is 1. The van der Waals surface area contributed by atoms with E-state index in [0.717, 1.165) is 12.1 Å². The van der Waals surface area contributed by atoms with E-state index in [1.807, 2.05) is 0 Å². The molecule has 2 N–H and O–H groups in total. The second-order valence-electron chi connectivity index (χ2n) is 5.55. The predicted molar refractivity (Wildman–Crippen MR) is 99.2 cm³/mol. The smallest absolute Gasteiger partial charge is 0.276 e. The maximum atomic E-state index is 13.7. The van der Waals surface area contributed by atoms with E-state index in [-0.39, 0.29) is 17.2 Å². The Morgan fingerprint density at radius 3 is 2.32 bits per heavy atom. The van der Waals surface area contributed by atoms with Gasteiger partial charge in [-0.1, -0.05) is 6.07 Å². The lowest BCUT2D eigenvalue weighted by Gasteiger charge is -2.11. The average Bonchev–Trinajstić information content (AvgIpc) is 2.71. The van der Waals surface area contributed by atoms with Crippen LogP contribution in [0.1, 0.15) is 10.5 Å². The molecule has 0 aliphatic heterocycles.